The first-order chi connectivity index (χ1) is 13.5. The van der Waals surface area contributed by atoms with E-state index >= 15 is 0 Å². The molecule has 0 saturated carbocycles. The number of allylic oxidation sites excluding steroid dienone is 1. The van der Waals surface area contributed by atoms with Crippen molar-refractivity contribution in [1.29, 1.82) is 0 Å². The molecule has 2 amide bonds. The smallest absolute Gasteiger partial charge is 0.299 e. The van der Waals surface area contributed by atoms with Gasteiger partial charge in [-0.3, -0.25) is 14.4 Å². The average Bonchev–Trinajstić information content (AvgIpc) is 3.20. The van der Waals surface area contributed by atoms with Gasteiger partial charge in [-0.25, -0.2) is 9.75 Å². The van der Waals surface area contributed by atoms with Gasteiger partial charge in [-0.2, -0.15) is 0 Å². The Kier molecular flexibility index (Phi) is 7.70. The number of unbranched alkanes of at least 4 members (excludes halogenated alkanes) is 1. The Morgan fingerprint density at radius 3 is 2.86 bits per heavy atom. The lowest BCUT2D eigenvalue weighted by atomic mass is 10.1. The second kappa shape index (κ2) is 10.2. The minimum Gasteiger partial charge on any atom is -0.491 e. The van der Waals surface area contributed by atoms with Crippen LogP contribution < -0.4 is 10.1 Å². The zero-order valence-electron chi connectivity index (χ0n) is 16.3. The van der Waals surface area contributed by atoms with Gasteiger partial charge in [-0.05, 0) is 38.0 Å². The van der Waals surface area contributed by atoms with Crippen molar-refractivity contribution < 1.29 is 19.2 Å². The molecule has 9 heteroatoms. The number of nitrogens with one attached hydrogen (secondary N) is 1. The fourth-order valence-electron chi connectivity index (χ4n) is 2.36. The second-order valence-electron chi connectivity index (χ2n) is 5.85. The zero-order valence-corrected chi connectivity index (χ0v) is 16.3. The standard InChI is InChI=1S/C19H25N5O4/c1-5-7-8-11-28-17-12-14(18(25)20-6-2)9-10-16(17)24-13-15(21-22-24)19(26)23(3)27-4/h5,9-10,12-13H,1,6-8,11H2,2-4H3,(H,20,25). The highest BCUT2D eigenvalue weighted by Crippen LogP contribution is 2.25. The molecule has 0 aliphatic rings. The second-order valence-corrected chi connectivity index (χ2v) is 5.85. The van der Waals surface area contributed by atoms with Gasteiger partial charge in [0.2, 0.25) is 0 Å². The van der Waals surface area contributed by atoms with E-state index in [1.807, 2.05) is 13.0 Å². The molecular weight excluding hydrogens is 362 g/mol. The van der Waals surface area contributed by atoms with Crippen molar-refractivity contribution >= 4 is 11.8 Å². The van der Waals surface area contributed by atoms with E-state index in [4.69, 9.17) is 9.57 Å². The minimum absolute atomic E-state index is 0.120. The number of ether oxygens (including phenoxy) is 1. The molecule has 2 rings (SSSR count). The van der Waals surface area contributed by atoms with Crippen LogP contribution in [0.25, 0.3) is 5.69 Å². The van der Waals surface area contributed by atoms with Gasteiger partial charge in [0.05, 0.1) is 19.9 Å². The summed E-state index contributed by atoms with van der Waals surface area (Å²) < 4.78 is 7.30. The predicted molar refractivity (Wildman–Crippen MR) is 103 cm³/mol. The number of benzene rings is 1. The Morgan fingerprint density at radius 2 is 2.18 bits per heavy atom. The molecule has 2 aromatic rings. The number of rotatable bonds is 10. The van der Waals surface area contributed by atoms with Gasteiger partial charge in [0, 0.05) is 19.2 Å². The molecule has 0 aliphatic heterocycles. The van der Waals surface area contributed by atoms with E-state index in [0.717, 1.165) is 17.9 Å². The fourth-order valence-corrected chi connectivity index (χ4v) is 2.36. The van der Waals surface area contributed by atoms with Crippen LogP contribution in [0.15, 0.2) is 37.1 Å². The van der Waals surface area contributed by atoms with Crippen molar-refractivity contribution in [2.75, 3.05) is 27.3 Å². The van der Waals surface area contributed by atoms with Crippen LogP contribution in [0.2, 0.25) is 0 Å². The number of carbonyl (C=O) groups is 2. The molecule has 0 saturated heterocycles. The quantitative estimate of drug-likeness (QED) is 0.380. The molecule has 0 bridgehead atoms. The van der Waals surface area contributed by atoms with Crippen molar-refractivity contribution in [2.45, 2.75) is 19.8 Å². The van der Waals surface area contributed by atoms with Gasteiger partial charge in [0.15, 0.2) is 5.69 Å². The topological polar surface area (TPSA) is 98.6 Å². The van der Waals surface area contributed by atoms with E-state index in [-0.39, 0.29) is 11.6 Å². The normalized spacial score (nSPS) is 10.4. The number of nitrogens with zero attached hydrogens (tertiary/aromatic N) is 4. The fraction of sp³-hybridized carbons (Fsp3) is 0.368. The van der Waals surface area contributed by atoms with Crippen LogP contribution >= 0.6 is 0 Å². The summed E-state index contributed by atoms with van der Waals surface area (Å²) >= 11 is 0. The molecule has 0 radical (unpaired) electrons. The van der Waals surface area contributed by atoms with Crippen LogP contribution in [0.1, 0.15) is 40.6 Å². The molecule has 0 unspecified atom stereocenters. The molecule has 150 valence electrons. The van der Waals surface area contributed by atoms with Crippen LogP contribution in [-0.4, -0.2) is 59.2 Å². The summed E-state index contributed by atoms with van der Waals surface area (Å²) in [7, 11) is 2.87. The number of hydrogen-bond donors (Lipinski definition) is 1. The van der Waals surface area contributed by atoms with E-state index in [1.165, 1.54) is 25.0 Å². The van der Waals surface area contributed by atoms with Crippen molar-refractivity contribution in [3.05, 3.63) is 48.3 Å². The molecule has 28 heavy (non-hydrogen) atoms. The summed E-state index contributed by atoms with van der Waals surface area (Å²) in [5, 5.41) is 11.7. The predicted octanol–water partition coefficient (Wildman–Crippen LogP) is 2.00. The van der Waals surface area contributed by atoms with Crippen LogP contribution in [0.4, 0.5) is 0 Å². The number of hydrogen-bond acceptors (Lipinski definition) is 6. The van der Waals surface area contributed by atoms with Crippen molar-refractivity contribution in [1.82, 2.24) is 25.4 Å². The molecule has 0 fully saturated rings. The highest BCUT2D eigenvalue weighted by atomic mass is 16.7. The monoisotopic (exact) mass is 387 g/mol. The SMILES string of the molecule is C=CCCCOc1cc(C(=O)NCC)ccc1-n1cc(C(=O)N(C)OC)nn1. The largest absolute Gasteiger partial charge is 0.491 e. The maximum Gasteiger partial charge on any atom is 0.299 e. The Bertz CT molecular complexity index is 833. The summed E-state index contributed by atoms with van der Waals surface area (Å²) in [5.74, 6) is -0.154. The molecular formula is C19H25N5O4. The van der Waals surface area contributed by atoms with Gasteiger partial charge < -0.3 is 10.1 Å². The Morgan fingerprint density at radius 1 is 1.39 bits per heavy atom. The highest BCUT2D eigenvalue weighted by Gasteiger charge is 2.18. The first-order valence-electron chi connectivity index (χ1n) is 8.92. The van der Waals surface area contributed by atoms with Gasteiger partial charge in [0.1, 0.15) is 11.4 Å². The van der Waals surface area contributed by atoms with Crippen LogP contribution in [0, 0.1) is 0 Å². The molecule has 1 aromatic carbocycles. The van der Waals surface area contributed by atoms with Crippen molar-refractivity contribution in [3.8, 4) is 11.4 Å². The van der Waals surface area contributed by atoms with E-state index < -0.39 is 5.91 Å². The summed E-state index contributed by atoms with van der Waals surface area (Å²) in [6, 6.07) is 5.02. The lowest BCUT2D eigenvalue weighted by Crippen LogP contribution is -2.25. The third-order valence-electron chi connectivity index (χ3n) is 3.89. The third-order valence-corrected chi connectivity index (χ3v) is 3.89. The Labute approximate surface area is 163 Å². The summed E-state index contributed by atoms with van der Waals surface area (Å²) in [6.07, 6.45) is 4.90. The minimum atomic E-state index is -0.429. The van der Waals surface area contributed by atoms with E-state index in [2.05, 4.69) is 22.2 Å². The van der Waals surface area contributed by atoms with Gasteiger partial charge >= 0.3 is 0 Å². The Balaban J connectivity index is 2.33. The average molecular weight is 387 g/mol. The number of hydroxylamine groups is 2. The lowest BCUT2D eigenvalue weighted by Gasteiger charge is -2.13. The number of amides is 2. The molecule has 0 spiro atoms. The number of aromatic nitrogens is 3. The molecule has 1 heterocycles. The Hall–Kier alpha value is -3.20. The molecule has 9 nitrogen and oxygen atoms in total. The van der Waals surface area contributed by atoms with Crippen molar-refractivity contribution in [2.24, 2.45) is 0 Å². The first-order valence-corrected chi connectivity index (χ1v) is 8.92. The highest BCUT2D eigenvalue weighted by molar-refractivity contribution is 5.95. The maximum absolute atomic E-state index is 12.2. The third kappa shape index (κ3) is 5.17. The van der Waals surface area contributed by atoms with Gasteiger partial charge in [0.25, 0.3) is 11.8 Å². The van der Waals surface area contributed by atoms with Gasteiger partial charge in [-0.15, -0.1) is 11.7 Å². The molecule has 1 N–H and O–H groups in total. The first kappa shape index (κ1) is 21.1. The van der Waals surface area contributed by atoms with E-state index in [1.54, 1.807) is 18.2 Å². The van der Waals surface area contributed by atoms with Crippen LogP contribution in [0.3, 0.4) is 0 Å². The van der Waals surface area contributed by atoms with Crippen LogP contribution in [0.5, 0.6) is 5.75 Å². The summed E-state index contributed by atoms with van der Waals surface area (Å²) in [5.41, 5.74) is 1.16. The lowest BCUT2D eigenvalue weighted by molar-refractivity contribution is -0.0760. The molecule has 1 aromatic heterocycles. The van der Waals surface area contributed by atoms with E-state index in [0.29, 0.717) is 30.2 Å². The van der Waals surface area contributed by atoms with Crippen LogP contribution in [-0.2, 0) is 4.84 Å². The summed E-state index contributed by atoms with van der Waals surface area (Å²) in [6.45, 7) is 6.52. The zero-order chi connectivity index (χ0) is 20.5. The number of carbonyl (C=O) groups excluding carboxylic acids is 2. The summed E-state index contributed by atoms with van der Waals surface area (Å²) in [4.78, 5) is 29.2. The van der Waals surface area contributed by atoms with Crippen molar-refractivity contribution in [3.63, 3.8) is 0 Å². The molecule has 0 atom stereocenters. The maximum atomic E-state index is 12.2. The molecule has 0 aliphatic carbocycles. The van der Waals surface area contributed by atoms with E-state index in [9.17, 15) is 9.59 Å². The van der Waals surface area contributed by atoms with Gasteiger partial charge in [-0.1, -0.05) is 11.3 Å².